The first kappa shape index (κ1) is 11.8. The van der Waals surface area contributed by atoms with Crippen molar-refractivity contribution in [2.24, 2.45) is 0 Å². The van der Waals surface area contributed by atoms with Gasteiger partial charge in [-0.3, -0.25) is 0 Å². The molecule has 0 fully saturated rings. The molecule has 1 atom stereocenters. The fraction of sp³-hybridized carbons (Fsp3) is 0.667. The van der Waals surface area contributed by atoms with Crippen molar-refractivity contribution in [1.29, 1.82) is 0 Å². The second-order valence-electron chi connectivity index (χ2n) is 0.990. The zero-order valence-electron chi connectivity index (χ0n) is 4.54. The van der Waals surface area contributed by atoms with Crippen LogP contribution in [-0.4, -0.2) is 34.3 Å². The molecule has 0 aliphatic rings. The van der Waals surface area contributed by atoms with Gasteiger partial charge in [0.05, 0.1) is 0 Å². The molecule has 0 aliphatic carbocycles. The highest BCUT2D eigenvalue weighted by Crippen LogP contribution is 1.98. The molecule has 1 unspecified atom stereocenters. The van der Waals surface area contributed by atoms with Gasteiger partial charge in [0.1, 0.15) is 0 Å². The minimum absolute atomic E-state index is 1.83. The van der Waals surface area contributed by atoms with Gasteiger partial charge >= 0.3 is 6.16 Å². The van der Waals surface area contributed by atoms with Crippen molar-refractivity contribution < 1.29 is 33.3 Å². The topological polar surface area (TPSA) is 77.8 Å². The van der Waals surface area contributed by atoms with Crippen molar-refractivity contribution in [1.82, 2.24) is 0 Å². The number of aliphatic hydroxyl groups excluding tert-OH is 1. The minimum Gasteiger partial charge on any atom is -0.450 e. The number of aliphatic hydroxyl groups is 1. The Bertz CT molecular complexity index is 83.7. The molecule has 0 aliphatic heterocycles. The summed E-state index contributed by atoms with van der Waals surface area (Å²) in [5, 5.41) is 21.2. The van der Waals surface area contributed by atoms with Crippen LogP contribution in [0.3, 0.4) is 0 Å². The van der Waals surface area contributed by atoms with Crippen molar-refractivity contribution >= 4 is 6.16 Å². The van der Waals surface area contributed by atoms with Gasteiger partial charge in [0.15, 0.2) is 0 Å². The highest BCUT2D eigenvalue weighted by molar-refractivity contribution is 5.53. The van der Waals surface area contributed by atoms with E-state index < -0.39 is 18.9 Å². The number of halogens is 3. The van der Waals surface area contributed by atoms with Crippen LogP contribution in [0.2, 0.25) is 0 Å². The Kier molecular flexibility index (Phi) is 7.23. The van der Waals surface area contributed by atoms with Crippen LogP contribution < -0.4 is 0 Å². The zero-order chi connectivity index (χ0) is 8.73. The molecule has 0 rings (SSSR count). The average molecular weight is 162 g/mol. The molecule has 10 heavy (non-hydrogen) atoms. The molecule has 0 saturated carbocycles. The summed E-state index contributed by atoms with van der Waals surface area (Å²) in [6.45, 7) is 0. The number of alkyl halides is 3. The highest BCUT2D eigenvalue weighted by atomic mass is 19.3. The standard InChI is InChI=1S/C2H3F3O.CH2O3/c3-1(4)2(5)6;2-1(3)4/h1-2,6H;(H2,2,3,4). The fourth-order valence-electron chi connectivity index (χ4n) is 0. The normalized spacial score (nSPS) is 11.7. The van der Waals surface area contributed by atoms with Crippen molar-refractivity contribution in [3.63, 3.8) is 0 Å². The number of hydrogen-bond acceptors (Lipinski definition) is 2. The van der Waals surface area contributed by atoms with Crippen LogP contribution in [0.25, 0.3) is 0 Å². The molecule has 0 amide bonds. The van der Waals surface area contributed by atoms with E-state index in [1.54, 1.807) is 0 Å². The van der Waals surface area contributed by atoms with Crippen LogP contribution in [0.4, 0.5) is 18.0 Å². The first-order valence-electron chi connectivity index (χ1n) is 1.90. The Balaban J connectivity index is 0. The summed E-state index contributed by atoms with van der Waals surface area (Å²) in [5.74, 6) is 0. The Labute approximate surface area is 53.5 Å². The first-order valence-corrected chi connectivity index (χ1v) is 1.90. The maximum atomic E-state index is 10.6. The molecule has 0 aromatic carbocycles. The molecule has 7 heteroatoms. The maximum absolute atomic E-state index is 10.6. The quantitative estimate of drug-likeness (QED) is 0.531. The largest absolute Gasteiger partial charge is 0.503 e. The fourth-order valence-corrected chi connectivity index (χ4v) is 0. The Morgan fingerprint density at radius 2 is 1.30 bits per heavy atom. The van der Waals surface area contributed by atoms with E-state index in [-0.39, 0.29) is 0 Å². The van der Waals surface area contributed by atoms with Crippen LogP contribution in [0.5, 0.6) is 0 Å². The van der Waals surface area contributed by atoms with Crippen molar-refractivity contribution in [2.75, 3.05) is 0 Å². The van der Waals surface area contributed by atoms with E-state index in [4.69, 9.17) is 20.1 Å². The Hall–Kier alpha value is -0.980. The molecule has 0 spiro atoms. The third-order valence-electron chi connectivity index (χ3n) is 0.208. The van der Waals surface area contributed by atoms with Gasteiger partial charge in [0.2, 0.25) is 0 Å². The lowest BCUT2D eigenvalue weighted by Gasteiger charge is -1.92. The van der Waals surface area contributed by atoms with Gasteiger partial charge in [0, 0.05) is 0 Å². The molecular weight excluding hydrogens is 157 g/mol. The SMILES string of the molecule is O=C(O)O.OC(F)C(F)F. The molecule has 0 bridgehead atoms. The zero-order valence-corrected chi connectivity index (χ0v) is 4.54. The average Bonchev–Trinajstić information content (AvgIpc) is 1.63. The van der Waals surface area contributed by atoms with Gasteiger partial charge in [-0.2, -0.15) is 0 Å². The smallest absolute Gasteiger partial charge is 0.450 e. The molecule has 4 nitrogen and oxygen atoms in total. The van der Waals surface area contributed by atoms with E-state index in [0.29, 0.717) is 0 Å². The number of carbonyl (C=O) groups is 1. The van der Waals surface area contributed by atoms with Crippen LogP contribution in [0.1, 0.15) is 0 Å². The predicted molar refractivity (Wildman–Crippen MR) is 23.8 cm³/mol. The van der Waals surface area contributed by atoms with Gasteiger partial charge in [-0.25, -0.2) is 18.0 Å². The van der Waals surface area contributed by atoms with Gasteiger partial charge < -0.3 is 15.3 Å². The second-order valence-corrected chi connectivity index (χ2v) is 0.990. The van der Waals surface area contributed by atoms with E-state index in [1.807, 2.05) is 0 Å². The Morgan fingerprint density at radius 1 is 1.20 bits per heavy atom. The summed E-state index contributed by atoms with van der Waals surface area (Å²) in [4.78, 5) is 8.56. The third kappa shape index (κ3) is 27.9. The lowest BCUT2D eigenvalue weighted by molar-refractivity contribution is -0.0843. The van der Waals surface area contributed by atoms with Gasteiger partial charge in [0.25, 0.3) is 12.8 Å². The molecule has 0 radical (unpaired) electrons. The number of hydrogen-bond donors (Lipinski definition) is 3. The van der Waals surface area contributed by atoms with Crippen molar-refractivity contribution in [3.8, 4) is 0 Å². The minimum atomic E-state index is -3.26. The van der Waals surface area contributed by atoms with E-state index in [1.165, 1.54) is 0 Å². The van der Waals surface area contributed by atoms with Gasteiger partial charge in [-0.05, 0) is 0 Å². The van der Waals surface area contributed by atoms with E-state index in [0.717, 1.165) is 0 Å². The molecule has 62 valence electrons. The molecule has 0 aromatic heterocycles. The summed E-state index contributed by atoms with van der Waals surface area (Å²) < 4.78 is 31.7. The van der Waals surface area contributed by atoms with Crippen LogP contribution >= 0.6 is 0 Å². The molecule has 0 saturated heterocycles. The molecule has 0 heterocycles. The monoisotopic (exact) mass is 162 g/mol. The summed E-state index contributed by atoms with van der Waals surface area (Å²) in [7, 11) is 0. The van der Waals surface area contributed by atoms with Gasteiger partial charge in [-0.15, -0.1) is 0 Å². The van der Waals surface area contributed by atoms with E-state index in [9.17, 15) is 13.2 Å². The maximum Gasteiger partial charge on any atom is 0.503 e. The van der Waals surface area contributed by atoms with Crippen LogP contribution in [-0.2, 0) is 0 Å². The molecule has 3 N–H and O–H groups in total. The third-order valence-corrected chi connectivity index (χ3v) is 0.208. The lowest BCUT2D eigenvalue weighted by Crippen LogP contribution is -2.08. The van der Waals surface area contributed by atoms with Crippen molar-refractivity contribution in [2.45, 2.75) is 12.8 Å². The first-order chi connectivity index (χ1) is 4.37. The molecular formula is C3H5F3O4. The predicted octanol–water partition coefficient (Wildman–Crippen LogP) is 0.762. The van der Waals surface area contributed by atoms with Crippen molar-refractivity contribution in [3.05, 3.63) is 0 Å². The van der Waals surface area contributed by atoms with Crippen LogP contribution in [0.15, 0.2) is 0 Å². The van der Waals surface area contributed by atoms with E-state index in [2.05, 4.69) is 0 Å². The van der Waals surface area contributed by atoms with Gasteiger partial charge in [-0.1, -0.05) is 0 Å². The number of carboxylic acid groups (broad SMARTS) is 2. The molecule has 0 aromatic rings. The highest BCUT2D eigenvalue weighted by Gasteiger charge is 2.12. The summed E-state index contributed by atoms with van der Waals surface area (Å²) in [6.07, 6.45) is -8.07. The summed E-state index contributed by atoms with van der Waals surface area (Å²) in [6, 6.07) is 0. The summed E-state index contributed by atoms with van der Waals surface area (Å²) >= 11 is 0. The second kappa shape index (κ2) is 6.14. The van der Waals surface area contributed by atoms with E-state index >= 15 is 0 Å². The lowest BCUT2D eigenvalue weighted by atomic mass is 10.7. The summed E-state index contributed by atoms with van der Waals surface area (Å²) in [5.41, 5.74) is 0. The van der Waals surface area contributed by atoms with Crippen LogP contribution in [0, 0.1) is 0 Å². The number of rotatable bonds is 1. The Morgan fingerprint density at radius 3 is 1.30 bits per heavy atom.